The lowest BCUT2D eigenvalue weighted by molar-refractivity contribution is -0.154. The number of hydrogen-bond acceptors (Lipinski definition) is 6. The zero-order valence-electron chi connectivity index (χ0n) is 17.1. The maximum Gasteiger partial charge on any atom is 0.324 e. The number of nitrogens with one attached hydrogen (secondary N) is 2. The van der Waals surface area contributed by atoms with Gasteiger partial charge in [-0.2, -0.15) is 4.72 Å². The molecular weight excluding hydrogens is 408 g/mol. The van der Waals surface area contributed by atoms with Gasteiger partial charge in [-0.05, 0) is 57.5 Å². The van der Waals surface area contributed by atoms with Crippen molar-refractivity contribution in [1.29, 1.82) is 0 Å². The second kappa shape index (κ2) is 9.64. The molecule has 0 aliphatic rings. The monoisotopic (exact) mass is 432 g/mol. The average Bonchev–Trinajstić information content (AvgIpc) is 2.67. The van der Waals surface area contributed by atoms with Gasteiger partial charge >= 0.3 is 5.97 Å². The topological polar surface area (TPSA) is 119 Å². The second-order valence-electron chi connectivity index (χ2n) is 6.86. The van der Waals surface area contributed by atoms with Crippen molar-refractivity contribution in [2.45, 2.75) is 44.7 Å². The highest BCUT2D eigenvalue weighted by Gasteiger charge is 2.26. The molecule has 0 fully saturated rings. The first-order chi connectivity index (χ1) is 14.0. The van der Waals surface area contributed by atoms with Crippen LogP contribution in [0.25, 0.3) is 0 Å². The lowest BCUT2D eigenvalue weighted by Crippen LogP contribution is -2.42. The minimum Gasteiger partial charge on any atom is -0.451 e. The number of benzene rings is 2. The number of carbonyl (C=O) groups is 3. The van der Waals surface area contributed by atoms with E-state index in [0.717, 1.165) is 5.56 Å². The van der Waals surface area contributed by atoms with Crippen molar-refractivity contribution in [1.82, 2.24) is 4.72 Å². The zero-order valence-corrected chi connectivity index (χ0v) is 17.9. The highest BCUT2D eigenvalue weighted by Crippen LogP contribution is 2.13. The Kier molecular flexibility index (Phi) is 7.47. The van der Waals surface area contributed by atoms with E-state index in [9.17, 15) is 22.8 Å². The predicted molar refractivity (Wildman–Crippen MR) is 112 cm³/mol. The summed E-state index contributed by atoms with van der Waals surface area (Å²) >= 11 is 0. The first kappa shape index (κ1) is 23.2. The average molecular weight is 432 g/mol. The van der Waals surface area contributed by atoms with E-state index < -0.39 is 34.0 Å². The van der Waals surface area contributed by atoms with Gasteiger partial charge in [0.05, 0.1) is 4.90 Å². The van der Waals surface area contributed by atoms with E-state index in [2.05, 4.69) is 10.0 Å². The minimum atomic E-state index is -4.02. The predicted octanol–water partition coefficient (Wildman–Crippen LogP) is 2.43. The highest BCUT2D eigenvalue weighted by atomic mass is 32.2. The summed E-state index contributed by atoms with van der Waals surface area (Å²) in [5, 5.41) is 2.63. The number of amides is 1. The molecule has 0 heterocycles. The Balaban J connectivity index is 1.97. The molecule has 2 aromatic carbocycles. The maximum absolute atomic E-state index is 12.4. The molecule has 160 valence electrons. The summed E-state index contributed by atoms with van der Waals surface area (Å²) in [7, 11) is -4.02. The van der Waals surface area contributed by atoms with Crippen molar-refractivity contribution in [3.63, 3.8) is 0 Å². The molecule has 2 rings (SSSR count). The van der Waals surface area contributed by atoms with Crippen LogP contribution in [0.1, 0.15) is 36.7 Å². The number of sulfonamides is 1. The molecule has 0 aliphatic carbocycles. The summed E-state index contributed by atoms with van der Waals surface area (Å²) in [6.45, 7) is 5.95. The van der Waals surface area contributed by atoms with E-state index in [1.165, 1.54) is 45.0 Å². The number of esters is 1. The minimum absolute atomic E-state index is 0.0996. The van der Waals surface area contributed by atoms with E-state index >= 15 is 0 Å². The number of carbonyl (C=O) groups excluding carboxylic acids is 3. The van der Waals surface area contributed by atoms with Crippen LogP contribution < -0.4 is 10.0 Å². The molecule has 0 spiro atoms. The molecule has 0 aromatic heterocycles. The number of hydrogen-bond donors (Lipinski definition) is 2. The Morgan fingerprint density at radius 3 is 2.20 bits per heavy atom. The Labute approximate surface area is 175 Å². The van der Waals surface area contributed by atoms with Crippen LogP contribution in [0.2, 0.25) is 0 Å². The number of Topliss-reactive ketones (excluding diaryl/α,β-unsaturated/α-hetero) is 1. The number of rotatable bonds is 8. The molecule has 2 atom stereocenters. The van der Waals surface area contributed by atoms with Gasteiger partial charge in [-0.3, -0.25) is 14.4 Å². The van der Waals surface area contributed by atoms with Crippen LogP contribution in [0.4, 0.5) is 5.69 Å². The van der Waals surface area contributed by atoms with Crippen molar-refractivity contribution >= 4 is 33.4 Å². The number of ether oxygens (including phenoxy) is 1. The molecular formula is C21H24N2O6S. The third-order valence-electron chi connectivity index (χ3n) is 4.20. The standard InChI is InChI=1S/C21H24N2O6S/c1-13-6-5-7-18(12-13)22-20(25)16(4)29-21(26)14(2)23-30(27,28)19-10-8-17(9-11-19)15(3)24/h5-12,14,16,23H,1-4H3,(H,22,25). The van der Waals surface area contributed by atoms with Crippen LogP contribution in [0.3, 0.4) is 0 Å². The molecule has 0 radical (unpaired) electrons. The Hall–Kier alpha value is -3.04. The van der Waals surface area contributed by atoms with Crippen molar-refractivity contribution < 1.29 is 27.5 Å². The molecule has 9 heteroatoms. The van der Waals surface area contributed by atoms with Gasteiger partial charge in [0, 0.05) is 11.3 Å². The largest absolute Gasteiger partial charge is 0.451 e. The molecule has 0 saturated carbocycles. The lowest BCUT2D eigenvalue weighted by Gasteiger charge is -2.18. The smallest absolute Gasteiger partial charge is 0.324 e. The Morgan fingerprint density at radius 2 is 1.63 bits per heavy atom. The number of ketones is 1. The summed E-state index contributed by atoms with van der Waals surface area (Å²) in [4.78, 5) is 35.7. The van der Waals surface area contributed by atoms with Gasteiger partial charge in [0.15, 0.2) is 11.9 Å². The fraction of sp³-hybridized carbons (Fsp3) is 0.286. The van der Waals surface area contributed by atoms with E-state index in [4.69, 9.17) is 4.74 Å². The third-order valence-corrected chi connectivity index (χ3v) is 5.76. The van der Waals surface area contributed by atoms with Gasteiger partial charge in [0.25, 0.3) is 5.91 Å². The fourth-order valence-corrected chi connectivity index (χ4v) is 3.71. The molecule has 0 aliphatic heterocycles. The van der Waals surface area contributed by atoms with E-state index in [1.54, 1.807) is 18.2 Å². The van der Waals surface area contributed by atoms with E-state index in [1.807, 2.05) is 13.0 Å². The molecule has 0 bridgehead atoms. The van der Waals surface area contributed by atoms with Crippen LogP contribution >= 0.6 is 0 Å². The summed E-state index contributed by atoms with van der Waals surface area (Å²) < 4.78 is 32.2. The maximum atomic E-state index is 12.4. The number of aryl methyl sites for hydroxylation is 1. The van der Waals surface area contributed by atoms with Crippen molar-refractivity contribution in [2.24, 2.45) is 0 Å². The van der Waals surface area contributed by atoms with E-state index in [0.29, 0.717) is 11.3 Å². The van der Waals surface area contributed by atoms with Gasteiger partial charge in [-0.25, -0.2) is 8.42 Å². The Morgan fingerprint density at radius 1 is 1.00 bits per heavy atom. The number of anilines is 1. The summed E-state index contributed by atoms with van der Waals surface area (Å²) in [5.41, 5.74) is 1.89. The molecule has 2 N–H and O–H groups in total. The normalized spacial score (nSPS) is 13.2. The Bertz CT molecular complexity index is 1050. The van der Waals surface area contributed by atoms with Gasteiger partial charge in [0.1, 0.15) is 6.04 Å². The molecule has 8 nitrogen and oxygen atoms in total. The van der Waals surface area contributed by atoms with Crippen LogP contribution in [-0.4, -0.2) is 38.2 Å². The van der Waals surface area contributed by atoms with Gasteiger partial charge in [-0.15, -0.1) is 0 Å². The fourth-order valence-electron chi connectivity index (χ4n) is 2.51. The molecule has 0 saturated heterocycles. The lowest BCUT2D eigenvalue weighted by atomic mass is 10.2. The van der Waals surface area contributed by atoms with Crippen LogP contribution in [0.5, 0.6) is 0 Å². The van der Waals surface area contributed by atoms with Crippen LogP contribution in [-0.2, 0) is 24.3 Å². The SMILES string of the molecule is CC(=O)c1ccc(S(=O)(=O)NC(C)C(=O)OC(C)C(=O)Nc2cccc(C)c2)cc1. The first-order valence-electron chi connectivity index (χ1n) is 9.21. The molecule has 30 heavy (non-hydrogen) atoms. The van der Waals surface area contributed by atoms with Crippen molar-refractivity contribution in [3.05, 3.63) is 59.7 Å². The van der Waals surface area contributed by atoms with Gasteiger partial charge < -0.3 is 10.1 Å². The second-order valence-corrected chi connectivity index (χ2v) is 8.58. The van der Waals surface area contributed by atoms with Crippen LogP contribution in [0, 0.1) is 6.92 Å². The highest BCUT2D eigenvalue weighted by molar-refractivity contribution is 7.89. The zero-order chi connectivity index (χ0) is 22.5. The molecule has 1 amide bonds. The van der Waals surface area contributed by atoms with Crippen molar-refractivity contribution in [2.75, 3.05) is 5.32 Å². The molecule has 2 aromatic rings. The molecule has 2 unspecified atom stereocenters. The summed E-state index contributed by atoms with van der Waals surface area (Å²) in [6, 6.07) is 11.2. The van der Waals surface area contributed by atoms with Crippen LogP contribution in [0.15, 0.2) is 53.4 Å². The third kappa shape index (κ3) is 6.23. The van der Waals surface area contributed by atoms with E-state index in [-0.39, 0.29) is 10.7 Å². The van der Waals surface area contributed by atoms with Gasteiger partial charge in [0.2, 0.25) is 10.0 Å². The summed E-state index contributed by atoms with van der Waals surface area (Å²) in [6.07, 6.45) is -1.13. The van der Waals surface area contributed by atoms with Gasteiger partial charge in [-0.1, -0.05) is 24.3 Å². The first-order valence-corrected chi connectivity index (χ1v) is 10.7. The quantitative estimate of drug-likeness (QED) is 0.489. The summed E-state index contributed by atoms with van der Waals surface area (Å²) in [5.74, 6) is -1.63. The van der Waals surface area contributed by atoms with Crippen molar-refractivity contribution in [3.8, 4) is 0 Å².